The molecule has 0 bridgehead atoms. The molecule has 0 aromatic heterocycles. The van der Waals surface area contributed by atoms with Gasteiger partial charge in [0.1, 0.15) is 0 Å². The van der Waals surface area contributed by atoms with Crippen molar-refractivity contribution >= 4 is 23.0 Å². The summed E-state index contributed by atoms with van der Waals surface area (Å²) in [6.07, 6.45) is 0.869. The summed E-state index contributed by atoms with van der Waals surface area (Å²) in [6.45, 7) is 8.39. The number of ether oxygens (including phenoxy) is 1. The Bertz CT molecular complexity index is 1170. The molecule has 3 aromatic carbocycles. The monoisotopic (exact) mass is 424 g/mol. The third-order valence-corrected chi connectivity index (χ3v) is 5.39. The lowest BCUT2D eigenvalue weighted by molar-refractivity contribution is 0.0526. The molecule has 3 rings (SSSR count). The number of rotatable bonds is 7. The lowest BCUT2D eigenvalue weighted by Gasteiger charge is -2.31. The Morgan fingerprint density at radius 1 is 0.969 bits per heavy atom. The highest BCUT2D eigenvalue weighted by Gasteiger charge is 2.21. The van der Waals surface area contributed by atoms with E-state index in [1.54, 1.807) is 13.0 Å². The van der Waals surface area contributed by atoms with Gasteiger partial charge in [-0.15, -0.1) is 0 Å². The van der Waals surface area contributed by atoms with Crippen molar-refractivity contribution in [1.82, 2.24) is 0 Å². The Balaban J connectivity index is 2.29. The van der Waals surface area contributed by atoms with Crippen molar-refractivity contribution in [3.8, 4) is 6.07 Å². The first kappa shape index (κ1) is 22.8. The maximum atomic E-state index is 12.4. The van der Waals surface area contributed by atoms with Gasteiger partial charge < -0.3 is 9.64 Å². The highest BCUT2D eigenvalue weighted by molar-refractivity contribution is 5.94. The van der Waals surface area contributed by atoms with E-state index in [9.17, 15) is 10.1 Å². The Hall–Kier alpha value is -3.84. The Kier molecular flexibility index (Phi) is 7.46. The van der Waals surface area contributed by atoms with Crippen LogP contribution in [0.1, 0.15) is 54.2 Å². The predicted octanol–water partition coefficient (Wildman–Crippen LogP) is 7.02. The average Bonchev–Trinajstić information content (AvgIpc) is 2.83. The molecule has 3 aromatic rings. The van der Waals surface area contributed by atoms with Crippen LogP contribution < -0.4 is 4.90 Å². The second-order valence-electron chi connectivity index (χ2n) is 7.57. The summed E-state index contributed by atoms with van der Waals surface area (Å²) in [7, 11) is 0. The number of benzene rings is 3. The predicted molar refractivity (Wildman–Crippen MR) is 130 cm³/mol. The van der Waals surface area contributed by atoms with Gasteiger partial charge >= 0.3 is 5.97 Å². The molecule has 0 aliphatic rings. The number of nitrogens with zero attached hydrogens (tertiary/aromatic N) is 2. The van der Waals surface area contributed by atoms with E-state index in [-0.39, 0.29) is 5.97 Å². The van der Waals surface area contributed by atoms with Crippen LogP contribution in [0.3, 0.4) is 0 Å². The van der Waals surface area contributed by atoms with Gasteiger partial charge in [0.05, 0.1) is 29.5 Å². The van der Waals surface area contributed by atoms with Crippen molar-refractivity contribution in [2.75, 3.05) is 11.5 Å². The minimum atomic E-state index is -0.344. The summed E-state index contributed by atoms with van der Waals surface area (Å²) in [5.41, 5.74) is 7.25. The van der Waals surface area contributed by atoms with E-state index in [0.717, 1.165) is 34.6 Å². The maximum Gasteiger partial charge on any atom is 0.338 e. The topological polar surface area (TPSA) is 53.3 Å². The quantitative estimate of drug-likeness (QED) is 0.382. The van der Waals surface area contributed by atoms with E-state index in [0.29, 0.717) is 17.7 Å². The van der Waals surface area contributed by atoms with Crippen LogP contribution in [0.15, 0.2) is 78.4 Å². The minimum absolute atomic E-state index is 0.325. The molecule has 0 saturated carbocycles. The fourth-order valence-electron chi connectivity index (χ4n) is 3.68. The largest absolute Gasteiger partial charge is 0.462 e. The molecule has 0 N–H and O–H groups in total. The lowest BCUT2D eigenvalue weighted by atomic mass is 10.00. The summed E-state index contributed by atoms with van der Waals surface area (Å²) < 4.78 is 5.23. The van der Waals surface area contributed by atoms with Gasteiger partial charge in [0.2, 0.25) is 0 Å². The minimum Gasteiger partial charge on any atom is -0.462 e. The van der Waals surface area contributed by atoms with Gasteiger partial charge in [0, 0.05) is 11.4 Å². The van der Waals surface area contributed by atoms with Crippen molar-refractivity contribution in [2.45, 2.75) is 34.1 Å². The van der Waals surface area contributed by atoms with Crippen molar-refractivity contribution < 1.29 is 9.53 Å². The zero-order valence-corrected chi connectivity index (χ0v) is 19.1. The molecular weight excluding hydrogens is 396 g/mol. The molecule has 0 aliphatic carbocycles. The molecule has 0 amide bonds. The third kappa shape index (κ3) is 4.90. The zero-order valence-electron chi connectivity index (χ0n) is 19.1. The van der Waals surface area contributed by atoms with E-state index >= 15 is 0 Å². The molecule has 0 fully saturated rings. The first-order valence-electron chi connectivity index (χ1n) is 10.8. The Morgan fingerprint density at radius 2 is 1.69 bits per heavy atom. The molecule has 32 heavy (non-hydrogen) atoms. The molecule has 0 atom stereocenters. The van der Waals surface area contributed by atoms with Gasteiger partial charge in [-0.25, -0.2) is 4.79 Å². The lowest BCUT2D eigenvalue weighted by Crippen LogP contribution is -2.19. The second kappa shape index (κ2) is 10.5. The number of carbonyl (C=O) groups is 1. The van der Waals surface area contributed by atoms with Gasteiger partial charge in [-0.3, -0.25) is 0 Å². The number of esters is 1. The summed E-state index contributed by atoms with van der Waals surface area (Å²) in [4.78, 5) is 14.6. The van der Waals surface area contributed by atoms with Crippen molar-refractivity contribution in [3.63, 3.8) is 0 Å². The van der Waals surface area contributed by atoms with Crippen LogP contribution in [0.4, 0.5) is 11.4 Å². The molecule has 0 heterocycles. The number of allylic oxidation sites excluding steroid dienone is 1. The normalized spacial score (nSPS) is 11.3. The number of anilines is 2. The van der Waals surface area contributed by atoms with Crippen molar-refractivity contribution in [3.05, 3.63) is 101 Å². The van der Waals surface area contributed by atoms with E-state index in [1.807, 2.05) is 61.5 Å². The van der Waals surface area contributed by atoms with Gasteiger partial charge in [0.15, 0.2) is 0 Å². The van der Waals surface area contributed by atoms with Crippen LogP contribution in [0, 0.1) is 18.3 Å². The van der Waals surface area contributed by atoms with E-state index in [4.69, 9.17) is 4.74 Å². The van der Waals surface area contributed by atoms with Crippen molar-refractivity contribution in [2.24, 2.45) is 0 Å². The SMILES string of the molecule is CCOC(=O)c1cccc(N(/C(=C(\C)CC)c2ccccc2)c2ccc(C#N)cc2C)c1. The summed E-state index contributed by atoms with van der Waals surface area (Å²) in [5, 5.41) is 9.35. The molecule has 0 aliphatic heterocycles. The Labute approximate surface area is 190 Å². The summed E-state index contributed by atoms with van der Waals surface area (Å²) >= 11 is 0. The molecule has 162 valence electrons. The molecule has 0 saturated heterocycles. The molecule has 4 heteroatoms. The average molecular weight is 425 g/mol. The van der Waals surface area contributed by atoms with Crippen LogP contribution in [-0.4, -0.2) is 12.6 Å². The van der Waals surface area contributed by atoms with Gasteiger partial charge in [-0.05, 0) is 80.3 Å². The summed E-state index contributed by atoms with van der Waals surface area (Å²) in [5.74, 6) is -0.344. The molecule has 0 unspecified atom stereocenters. The maximum absolute atomic E-state index is 12.4. The van der Waals surface area contributed by atoms with Crippen LogP contribution in [-0.2, 0) is 4.74 Å². The first-order chi connectivity index (χ1) is 15.5. The number of carbonyl (C=O) groups excluding carboxylic acids is 1. The number of hydrogen-bond donors (Lipinski definition) is 0. The second-order valence-corrected chi connectivity index (χ2v) is 7.57. The van der Waals surface area contributed by atoms with Gasteiger partial charge in [-0.2, -0.15) is 5.26 Å². The fraction of sp³-hybridized carbons (Fsp3) is 0.214. The van der Waals surface area contributed by atoms with Crippen LogP contribution in [0.5, 0.6) is 0 Å². The summed E-state index contributed by atoms with van der Waals surface area (Å²) in [6, 6.07) is 25.6. The van der Waals surface area contributed by atoms with Crippen LogP contribution in [0.2, 0.25) is 0 Å². The number of nitriles is 1. The van der Waals surface area contributed by atoms with Gasteiger partial charge in [0.25, 0.3) is 0 Å². The van der Waals surface area contributed by atoms with E-state index < -0.39 is 0 Å². The molecule has 0 spiro atoms. The third-order valence-electron chi connectivity index (χ3n) is 5.39. The Morgan fingerprint density at radius 3 is 2.31 bits per heavy atom. The smallest absolute Gasteiger partial charge is 0.338 e. The van der Waals surface area contributed by atoms with Crippen LogP contribution >= 0.6 is 0 Å². The fourth-order valence-corrected chi connectivity index (χ4v) is 3.68. The highest BCUT2D eigenvalue weighted by atomic mass is 16.5. The standard InChI is InChI=1S/C28H28N2O2/c1-5-20(3)27(23-11-8-7-9-12-23)30(26-16-15-22(19-29)17-21(26)4)25-14-10-13-24(18-25)28(31)32-6-2/h7-18H,5-6H2,1-4H3/b27-20+. The number of hydrogen-bond acceptors (Lipinski definition) is 4. The van der Waals surface area contributed by atoms with Gasteiger partial charge in [-0.1, -0.05) is 43.3 Å². The zero-order chi connectivity index (χ0) is 23.1. The molecule has 4 nitrogen and oxygen atoms in total. The molecular formula is C28H28N2O2. The first-order valence-corrected chi connectivity index (χ1v) is 10.8. The van der Waals surface area contributed by atoms with Crippen LogP contribution in [0.25, 0.3) is 5.70 Å². The van der Waals surface area contributed by atoms with E-state index in [2.05, 4.69) is 36.9 Å². The highest BCUT2D eigenvalue weighted by Crippen LogP contribution is 2.39. The molecule has 0 radical (unpaired) electrons. The van der Waals surface area contributed by atoms with Crippen molar-refractivity contribution in [1.29, 1.82) is 5.26 Å². The van der Waals surface area contributed by atoms with E-state index in [1.165, 1.54) is 5.57 Å². The number of aryl methyl sites for hydroxylation is 1.